The van der Waals surface area contributed by atoms with Crippen LogP contribution in [0.1, 0.15) is 31.9 Å². The largest absolute Gasteiger partial charge is 0.446 e. The lowest BCUT2D eigenvalue weighted by Gasteiger charge is -2.33. The molecule has 21 heavy (non-hydrogen) atoms. The maximum Gasteiger partial charge on any atom is 0.422 e. The molecule has 1 aliphatic heterocycles. The molecule has 0 saturated heterocycles. The molecule has 7 nitrogen and oxygen atoms in total. The average Bonchev–Trinajstić information content (AvgIpc) is 2.37. The summed E-state index contributed by atoms with van der Waals surface area (Å²) in [6.45, 7) is 3.49. The summed E-state index contributed by atoms with van der Waals surface area (Å²) in [6.07, 6.45) is -0.906. The van der Waals surface area contributed by atoms with Crippen molar-refractivity contribution in [1.82, 2.24) is 4.72 Å². The number of rotatable bonds is 3. The van der Waals surface area contributed by atoms with Crippen molar-refractivity contribution in [2.45, 2.75) is 32.4 Å². The minimum absolute atomic E-state index is 0.211. The van der Waals surface area contributed by atoms with Crippen LogP contribution in [-0.2, 0) is 14.9 Å². The van der Waals surface area contributed by atoms with Crippen LogP contribution in [0.4, 0.5) is 10.5 Å². The second-order valence-corrected chi connectivity index (χ2v) is 6.68. The summed E-state index contributed by atoms with van der Waals surface area (Å²) in [5, 5.41) is 0. The predicted molar refractivity (Wildman–Crippen MR) is 79.0 cm³/mol. The molecule has 0 bridgehead atoms. The fourth-order valence-corrected chi connectivity index (χ4v) is 3.35. The summed E-state index contributed by atoms with van der Waals surface area (Å²) in [5.74, 6) is 0. The second kappa shape index (κ2) is 5.90. The number of para-hydroxylation sites is 1. The second-order valence-electron chi connectivity index (χ2n) is 5.09. The van der Waals surface area contributed by atoms with Crippen LogP contribution >= 0.6 is 0 Å². The Hall–Kier alpha value is -1.80. The number of nitrogens with zero attached hydrogens (tertiary/aromatic N) is 1. The van der Waals surface area contributed by atoms with Gasteiger partial charge in [0.2, 0.25) is 0 Å². The SMILES string of the molecule is CC(C)OC(=O)NS(=O)(=O)N1CCC(N)c2ccccc21. The summed E-state index contributed by atoms with van der Waals surface area (Å²) in [6, 6.07) is 6.77. The van der Waals surface area contributed by atoms with Crippen molar-refractivity contribution in [3.8, 4) is 0 Å². The Kier molecular flexibility index (Phi) is 4.38. The number of nitrogens with one attached hydrogen (secondary N) is 1. The van der Waals surface area contributed by atoms with Crippen molar-refractivity contribution in [1.29, 1.82) is 0 Å². The van der Waals surface area contributed by atoms with Crippen LogP contribution in [0, 0.1) is 0 Å². The molecular weight excluding hydrogens is 294 g/mol. The highest BCUT2D eigenvalue weighted by Gasteiger charge is 2.32. The van der Waals surface area contributed by atoms with Crippen molar-refractivity contribution in [3.63, 3.8) is 0 Å². The van der Waals surface area contributed by atoms with Crippen LogP contribution in [0.15, 0.2) is 24.3 Å². The zero-order valence-electron chi connectivity index (χ0n) is 11.9. The molecule has 116 valence electrons. The van der Waals surface area contributed by atoms with E-state index in [4.69, 9.17) is 10.5 Å². The Morgan fingerprint density at radius 3 is 2.76 bits per heavy atom. The molecule has 1 aromatic rings. The van der Waals surface area contributed by atoms with E-state index in [-0.39, 0.29) is 12.6 Å². The summed E-state index contributed by atoms with van der Waals surface area (Å²) < 4.78 is 32.5. The lowest BCUT2D eigenvalue weighted by Crippen LogP contribution is -2.47. The van der Waals surface area contributed by atoms with Gasteiger partial charge in [-0.2, -0.15) is 8.42 Å². The van der Waals surface area contributed by atoms with Gasteiger partial charge in [-0.15, -0.1) is 0 Å². The van der Waals surface area contributed by atoms with Crippen LogP contribution in [0.5, 0.6) is 0 Å². The first-order valence-corrected chi connectivity index (χ1v) is 8.11. The third kappa shape index (κ3) is 3.45. The van der Waals surface area contributed by atoms with Crippen LogP contribution < -0.4 is 14.8 Å². The van der Waals surface area contributed by atoms with Crippen LogP contribution in [0.2, 0.25) is 0 Å². The minimum Gasteiger partial charge on any atom is -0.446 e. The van der Waals surface area contributed by atoms with E-state index in [1.807, 2.05) is 4.72 Å². The normalized spacial score (nSPS) is 18.3. The van der Waals surface area contributed by atoms with Crippen LogP contribution in [0.3, 0.4) is 0 Å². The number of amides is 1. The molecule has 0 fully saturated rings. The maximum atomic E-state index is 12.3. The van der Waals surface area contributed by atoms with Gasteiger partial charge in [0.25, 0.3) is 0 Å². The molecular formula is C13H19N3O4S. The molecule has 1 aromatic carbocycles. The molecule has 0 aliphatic carbocycles. The van der Waals surface area contributed by atoms with Gasteiger partial charge in [0.05, 0.1) is 11.8 Å². The van der Waals surface area contributed by atoms with E-state index in [0.29, 0.717) is 12.1 Å². The molecule has 8 heteroatoms. The van der Waals surface area contributed by atoms with Crippen molar-refractivity contribution < 1.29 is 17.9 Å². The number of ether oxygens (including phenoxy) is 1. The van der Waals surface area contributed by atoms with Gasteiger partial charge < -0.3 is 10.5 Å². The van der Waals surface area contributed by atoms with Gasteiger partial charge in [0.1, 0.15) is 0 Å². The first-order chi connectivity index (χ1) is 9.81. The number of hydrogen-bond acceptors (Lipinski definition) is 5. The third-order valence-electron chi connectivity index (χ3n) is 3.09. The lowest BCUT2D eigenvalue weighted by molar-refractivity contribution is 0.121. The Morgan fingerprint density at radius 2 is 2.10 bits per heavy atom. The van der Waals surface area contributed by atoms with Gasteiger partial charge in [0.15, 0.2) is 0 Å². The predicted octanol–water partition coefficient (Wildman–Crippen LogP) is 1.28. The topological polar surface area (TPSA) is 102 Å². The van der Waals surface area contributed by atoms with Gasteiger partial charge >= 0.3 is 16.3 Å². The summed E-state index contributed by atoms with van der Waals surface area (Å²) in [4.78, 5) is 11.5. The van der Waals surface area contributed by atoms with Crippen LogP contribution in [-0.4, -0.2) is 27.2 Å². The van der Waals surface area contributed by atoms with E-state index >= 15 is 0 Å². The number of carbonyl (C=O) groups excluding carboxylic acids is 1. The maximum absolute atomic E-state index is 12.3. The molecule has 0 spiro atoms. The molecule has 1 unspecified atom stereocenters. The zero-order valence-corrected chi connectivity index (χ0v) is 12.8. The fraction of sp³-hybridized carbons (Fsp3) is 0.462. The van der Waals surface area contributed by atoms with E-state index in [0.717, 1.165) is 9.87 Å². The number of benzene rings is 1. The highest BCUT2D eigenvalue weighted by Crippen LogP contribution is 2.33. The first kappa shape index (κ1) is 15.6. The van der Waals surface area contributed by atoms with Crippen molar-refractivity contribution in [2.75, 3.05) is 10.8 Å². The van der Waals surface area contributed by atoms with Gasteiger partial charge in [-0.3, -0.25) is 4.31 Å². The van der Waals surface area contributed by atoms with Gasteiger partial charge in [-0.25, -0.2) is 9.52 Å². The number of fused-ring (bicyclic) bond motifs is 1. The molecule has 1 heterocycles. The highest BCUT2D eigenvalue weighted by molar-refractivity contribution is 7.91. The molecule has 0 aromatic heterocycles. The van der Waals surface area contributed by atoms with E-state index in [1.165, 1.54) is 0 Å². The molecule has 1 amide bonds. The third-order valence-corrected chi connectivity index (χ3v) is 4.48. The number of carbonyl (C=O) groups is 1. The molecule has 0 radical (unpaired) electrons. The molecule has 2 rings (SSSR count). The van der Waals surface area contributed by atoms with Gasteiger partial charge in [-0.1, -0.05) is 18.2 Å². The first-order valence-electron chi connectivity index (χ1n) is 6.67. The van der Waals surface area contributed by atoms with Crippen LogP contribution in [0.25, 0.3) is 0 Å². The standard InChI is InChI=1S/C13H19N3O4S/c1-9(2)20-13(17)15-21(18,19)16-8-7-11(14)10-5-3-4-6-12(10)16/h3-6,9,11H,7-8,14H2,1-2H3,(H,15,17). The summed E-state index contributed by atoms with van der Waals surface area (Å²) >= 11 is 0. The fourth-order valence-electron chi connectivity index (χ4n) is 2.21. The minimum atomic E-state index is -4.01. The Morgan fingerprint density at radius 1 is 1.43 bits per heavy atom. The van der Waals surface area contributed by atoms with E-state index < -0.39 is 22.4 Å². The Labute approximate surface area is 124 Å². The Bertz CT molecular complexity index is 630. The van der Waals surface area contributed by atoms with Gasteiger partial charge in [-0.05, 0) is 31.9 Å². The average molecular weight is 313 g/mol. The molecule has 0 saturated carbocycles. The van der Waals surface area contributed by atoms with E-state index in [9.17, 15) is 13.2 Å². The summed E-state index contributed by atoms with van der Waals surface area (Å²) in [7, 11) is -4.01. The Balaban J connectivity index is 2.26. The highest BCUT2D eigenvalue weighted by atomic mass is 32.2. The number of anilines is 1. The lowest BCUT2D eigenvalue weighted by atomic mass is 9.99. The van der Waals surface area contributed by atoms with E-state index in [1.54, 1.807) is 38.1 Å². The van der Waals surface area contributed by atoms with Crippen molar-refractivity contribution in [3.05, 3.63) is 29.8 Å². The van der Waals surface area contributed by atoms with Gasteiger partial charge in [0, 0.05) is 12.6 Å². The number of hydrogen-bond donors (Lipinski definition) is 2. The van der Waals surface area contributed by atoms with E-state index in [2.05, 4.69) is 0 Å². The summed E-state index contributed by atoms with van der Waals surface area (Å²) in [5.41, 5.74) is 7.21. The molecule has 1 atom stereocenters. The van der Waals surface area contributed by atoms with Crippen molar-refractivity contribution in [2.24, 2.45) is 5.73 Å². The molecule has 1 aliphatic rings. The monoisotopic (exact) mass is 313 g/mol. The quantitative estimate of drug-likeness (QED) is 0.875. The molecule has 3 N–H and O–H groups in total. The number of nitrogens with two attached hydrogens (primary N) is 1. The zero-order chi connectivity index (χ0) is 15.6. The smallest absolute Gasteiger partial charge is 0.422 e. The van der Waals surface area contributed by atoms with Crippen molar-refractivity contribution >= 4 is 22.0 Å².